The Kier molecular flexibility index (Phi) is 5.35. The van der Waals surface area contributed by atoms with Crippen molar-refractivity contribution in [3.63, 3.8) is 0 Å². The quantitative estimate of drug-likeness (QED) is 0.689. The molecule has 138 valence electrons. The van der Waals surface area contributed by atoms with Gasteiger partial charge in [-0.15, -0.1) is 0 Å². The minimum Gasteiger partial charge on any atom is -0.339 e. The maximum Gasteiger partial charge on any atom is 0.210 e. The number of nitrogens with zero attached hydrogens (tertiary/aromatic N) is 4. The van der Waals surface area contributed by atoms with E-state index in [0.29, 0.717) is 0 Å². The Balaban J connectivity index is 1.35. The molecular weight excluding hydrogens is 332 g/mol. The summed E-state index contributed by atoms with van der Waals surface area (Å²) in [5.41, 5.74) is 3.70. The van der Waals surface area contributed by atoms with Gasteiger partial charge >= 0.3 is 0 Å². The molecule has 1 aromatic heterocycles. The highest BCUT2D eigenvalue weighted by Crippen LogP contribution is 2.20. The van der Waals surface area contributed by atoms with Crippen LogP contribution in [0.5, 0.6) is 0 Å². The number of imidazole rings is 1. The van der Waals surface area contributed by atoms with Gasteiger partial charge in [0, 0.05) is 50.8 Å². The second-order valence-electron chi connectivity index (χ2n) is 7.03. The second kappa shape index (κ2) is 8.23. The number of aromatic nitrogens is 2. The third-order valence-corrected chi connectivity index (χ3v) is 5.06. The molecule has 0 bridgehead atoms. The predicted octanol–water partition coefficient (Wildman–Crippen LogP) is 4.02. The Morgan fingerprint density at radius 2 is 1.67 bits per heavy atom. The Labute approximate surface area is 161 Å². The van der Waals surface area contributed by atoms with Gasteiger partial charge in [0.05, 0.1) is 0 Å². The fraction of sp³-hybridized carbons (Fsp3) is 0.261. The van der Waals surface area contributed by atoms with Crippen molar-refractivity contribution in [1.82, 2.24) is 14.5 Å². The van der Waals surface area contributed by atoms with Crippen LogP contribution in [0.25, 0.3) is 11.8 Å². The van der Waals surface area contributed by atoms with Crippen LogP contribution in [0.2, 0.25) is 0 Å². The lowest BCUT2D eigenvalue weighted by Crippen LogP contribution is -2.47. The number of aryl methyl sites for hydroxylation is 1. The first-order chi connectivity index (χ1) is 13.3. The smallest absolute Gasteiger partial charge is 0.210 e. The largest absolute Gasteiger partial charge is 0.339 e. The molecule has 2 heterocycles. The molecule has 27 heavy (non-hydrogen) atoms. The van der Waals surface area contributed by atoms with E-state index < -0.39 is 0 Å². The molecule has 0 unspecified atom stereocenters. The van der Waals surface area contributed by atoms with Gasteiger partial charge in [-0.25, -0.2) is 4.98 Å². The Bertz CT molecular complexity index is 872. The molecule has 1 fully saturated rings. The lowest BCUT2D eigenvalue weighted by molar-refractivity contribution is 0.282. The van der Waals surface area contributed by atoms with E-state index in [2.05, 4.69) is 99.2 Å². The monoisotopic (exact) mass is 358 g/mol. The molecule has 1 aliphatic heterocycles. The van der Waals surface area contributed by atoms with Gasteiger partial charge in [-0.1, -0.05) is 60.2 Å². The molecule has 0 radical (unpaired) electrons. The maximum atomic E-state index is 4.62. The molecule has 4 heteroatoms. The van der Waals surface area contributed by atoms with Crippen molar-refractivity contribution in [1.29, 1.82) is 0 Å². The lowest BCUT2D eigenvalue weighted by atomic mass is 10.2. The highest BCUT2D eigenvalue weighted by atomic mass is 15.3. The van der Waals surface area contributed by atoms with Crippen LogP contribution in [0.4, 0.5) is 5.95 Å². The summed E-state index contributed by atoms with van der Waals surface area (Å²) in [5.74, 6) is 1.04. The average molecular weight is 358 g/mol. The summed E-state index contributed by atoms with van der Waals surface area (Å²) in [5, 5.41) is 0. The molecule has 0 amide bonds. The van der Waals surface area contributed by atoms with Crippen LogP contribution in [0.1, 0.15) is 11.1 Å². The summed E-state index contributed by atoms with van der Waals surface area (Å²) in [6, 6.07) is 19.1. The third kappa shape index (κ3) is 4.29. The van der Waals surface area contributed by atoms with Crippen molar-refractivity contribution >= 4 is 12.0 Å². The molecule has 0 saturated carbocycles. The van der Waals surface area contributed by atoms with Crippen molar-refractivity contribution in [2.45, 2.75) is 6.92 Å². The van der Waals surface area contributed by atoms with E-state index in [9.17, 15) is 0 Å². The van der Waals surface area contributed by atoms with E-state index in [0.717, 1.165) is 38.7 Å². The minimum absolute atomic E-state index is 0.995. The van der Waals surface area contributed by atoms with Crippen LogP contribution >= 0.6 is 0 Å². The third-order valence-electron chi connectivity index (χ3n) is 5.06. The molecule has 4 rings (SSSR count). The van der Waals surface area contributed by atoms with E-state index in [1.807, 2.05) is 6.20 Å². The first-order valence-corrected chi connectivity index (χ1v) is 9.59. The highest BCUT2D eigenvalue weighted by molar-refractivity contribution is 5.49. The molecule has 0 atom stereocenters. The summed E-state index contributed by atoms with van der Waals surface area (Å²) in [6.45, 7) is 7.23. The fourth-order valence-corrected chi connectivity index (χ4v) is 3.47. The number of benzene rings is 2. The second-order valence-corrected chi connectivity index (χ2v) is 7.03. The van der Waals surface area contributed by atoms with Gasteiger partial charge in [0.1, 0.15) is 0 Å². The van der Waals surface area contributed by atoms with E-state index in [-0.39, 0.29) is 0 Å². The zero-order chi connectivity index (χ0) is 18.5. The van der Waals surface area contributed by atoms with Crippen LogP contribution < -0.4 is 4.90 Å². The molecule has 1 saturated heterocycles. The minimum atomic E-state index is 0.995. The SMILES string of the molecule is Cc1ccc(-n2ccnc2N2CCN(C/C=C/c3ccccc3)CC2)cc1. The summed E-state index contributed by atoms with van der Waals surface area (Å²) in [6.07, 6.45) is 8.41. The van der Waals surface area contributed by atoms with Crippen molar-refractivity contribution in [3.8, 4) is 5.69 Å². The molecule has 3 aromatic rings. The van der Waals surface area contributed by atoms with Gasteiger partial charge in [-0.2, -0.15) is 0 Å². The zero-order valence-corrected chi connectivity index (χ0v) is 15.8. The highest BCUT2D eigenvalue weighted by Gasteiger charge is 2.20. The molecule has 0 N–H and O–H groups in total. The topological polar surface area (TPSA) is 24.3 Å². The first kappa shape index (κ1) is 17.6. The molecular formula is C23H26N4. The van der Waals surface area contributed by atoms with Crippen molar-refractivity contribution in [2.24, 2.45) is 0 Å². The van der Waals surface area contributed by atoms with Gasteiger partial charge in [-0.3, -0.25) is 9.47 Å². The van der Waals surface area contributed by atoms with Crippen LogP contribution in [0.15, 0.2) is 73.1 Å². The first-order valence-electron chi connectivity index (χ1n) is 9.59. The Morgan fingerprint density at radius 3 is 2.41 bits per heavy atom. The maximum absolute atomic E-state index is 4.62. The molecule has 0 spiro atoms. The summed E-state index contributed by atoms with van der Waals surface area (Å²) >= 11 is 0. The zero-order valence-electron chi connectivity index (χ0n) is 15.8. The number of hydrogen-bond acceptors (Lipinski definition) is 3. The van der Waals surface area contributed by atoms with Crippen LogP contribution in [0.3, 0.4) is 0 Å². The average Bonchev–Trinajstić information content (AvgIpc) is 3.20. The molecule has 0 aliphatic carbocycles. The van der Waals surface area contributed by atoms with E-state index in [1.165, 1.54) is 16.8 Å². The van der Waals surface area contributed by atoms with E-state index in [4.69, 9.17) is 0 Å². The van der Waals surface area contributed by atoms with Crippen LogP contribution in [0, 0.1) is 6.92 Å². The molecule has 2 aromatic carbocycles. The Morgan fingerprint density at radius 1 is 0.926 bits per heavy atom. The van der Waals surface area contributed by atoms with E-state index >= 15 is 0 Å². The van der Waals surface area contributed by atoms with Gasteiger partial charge in [0.25, 0.3) is 0 Å². The van der Waals surface area contributed by atoms with Gasteiger partial charge in [-0.05, 0) is 24.6 Å². The van der Waals surface area contributed by atoms with Gasteiger partial charge in [0.2, 0.25) is 5.95 Å². The van der Waals surface area contributed by atoms with Crippen LogP contribution in [-0.2, 0) is 0 Å². The van der Waals surface area contributed by atoms with Crippen molar-refractivity contribution < 1.29 is 0 Å². The van der Waals surface area contributed by atoms with Crippen molar-refractivity contribution in [3.05, 3.63) is 84.2 Å². The molecule has 4 nitrogen and oxygen atoms in total. The summed E-state index contributed by atoms with van der Waals surface area (Å²) < 4.78 is 2.18. The van der Waals surface area contributed by atoms with Crippen molar-refractivity contribution in [2.75, 3.05) is 37.6 Å². The summed E-state index contributed by atoms with van der Waals surface area (Å²) in [7, 11) is 0. The summed E-state index contributed by atoms with van der Waals surface area (Å²) in [4.78, 5) is 9.50. The lowest BCUT2D eigenvalue weighted by Gasteiger charge is -2.35. The fourth-order valence-electron chi connectivity index (χ4n) is 3.47. The number of anilines is 1. The van der Waals surface area contributed by atoms with Crippen LogP contribution in [-0.4, -0.2) is 47.2 Å². The normalized spacial score (nSPS) is 15.5. The standard InChI is InChI=1S/C23H26N4/c1-20-9-11-22(12-10-20)27-15-13-24-23(27)26-18-16-25(17-19-26)14-5-8-21-6-3-2-4-7-21/h2-13,15H,14,16-19H2,1H3/b8-5+. The number of hydrogen-bond donors (Lipinski definition) is 0. The van der Waals surface area contributed by atoms with Gasteiger partial charge < -0.3 is 4.90 Å². The van der Waals surface area contributed by atoms with Gasteiger partial charge in [0.15, 0.2) is 0 Å². The predicted molar refractivity (Wildman–Crippen MR) is 112 cm³/mol. The number of piperazine rings is 1. The van der Waals surface area contributed by atoms with E-state index in [1.54, 1.807) is 0 Å². The molecule has 1 aliphatic rings. The number of rotatable bonds is 5. The Hall–Kier alpha value is -2.85.